The number of hydrogen-bond acceptors (Lipinski definition) is 2. The Morgan fingerprint density at radius 3 is 2.94 bits per heavy atom. The van der Waals surface area contributed by atoms with Gasteiger partial charge in [0, 0.05) is 6.04 Å². The lowest BCUT2D eigenvalue weighted by Crippen LogP contribution is -2.39. The molecule has 1 fully saturated rings. The maximum atomic E-state index is 5.16. The van der Waals surface area contributed by atoms with Crippen molar-refractivity contribution >= 4 is 0 Å². The van der Waals surface area contributed by atoms with Crippen molar-refractivity contribution in [1.82, 2.24) is 5.32 Å². The molecule has 0 saturated heterocycles. The quantitative estimate of drug-likeness (QED) is 0.825. The summed E-state index contributed by atoms with van der Waals surface area (Å²) in [6, 6.07) is 2.71. The molecule has 1 aromatic rings. The lowest BCUT2D eigenvalue weighted by atomic mass is 9.87. The fraction of sp³-hybridized carbons (Fsp3) is 0.714. The van der Waals surface area contributed by atoms with Gasteiger partial charge in [-0.2, -0.15) is 0 Å². The smallest absolute Gasteiger partial charge is 0.0935 e. The summed E-state index contributed by atoms with van der Waals surface area (Å²) in [7, 11) is 0. The molecule has 0 aliphatic heterocycles. The third-order valence-corrected chi connectivity index (χ3v) is 3.95. The molecule has 16 heavy (non-hydrogen) atoms. The van der Waals surface area contributed by atoms with Crippen molar-refractivity contribution in [3.63, 3.8) is 0 Å². The highest BCUT2D eigenvalue weighted by Gasteiger charge is 2.30. The van der Waals surface area contributed by atoms with Crippen LogP contribution in [0.1, 0.15) is 38.7 Å². The van der Waals surface area contributed by atoms with Crippen molar-refractivity contribution in [3.8, 4) is 0 Å². The van der Waals surface area contributed by atoms with E-state index in [2.05, 4.69) is 25.2 Å². The molecule has 2 nitrogen and oxygen atoms in total. The first kappa shape index (κ1) is 11.7. The van der Waals surface area contributed by atoms with Gasteiger partial charge in [0.05, 0.1) is 12.5 Å². The Labute approximate surface area is 98.4 Å². The molecule has 1 N–H and O–H groups in total. The fourth-order valence-corrected chi connectivity index (χ4v) is 3.07. The predicted octanol–water partition coefficient (Wildman–Crippen LogP) is 3.24. The zero-order chi connectivity index (χ0) is 11.4. The van der Waals surface area contributed by atoms with Crippen LogP contribution in [0.5, 0.6) is 0 Å². The zero-order valence-corrected chi connectivity index (χ0v) is 10.4. The lowest BCUT2D eigenvalue weighted by Gasteiger charge is -2.27. The van der Waals surface area contributed by atoms with Gasteiger partial charge in [0.1, 0.15) is 0 Å². The maximum absolute atomic E-state index is 5.16. The average molecular weight is 221 g/mol. The van der Waals surface area contributed by atoms with Crippen LogP contribution in [0.3, 0.4) is 0 Å². The van der Waals surface area contributed by atoms with Crippen LogP contribution in [0.25, 0.3) is 0 Å². The van der Waals surface area contributed by atoms with Crippen molar-refractivity contribution in [2.45, 2.75) is 45.6 Å². The second-order valence-electron chi connectivity index (χ2n) is 5.07. The number of rotatable bonds is 5. The van der Waals surface area contributed by atoms with E-state index in [0.717, 1.165) is 24.8 Å². The van der Waals surface area contributed by atoms with E-state index in [0.29, 0.717) is 6.04 Å². The minimum absolute atomic E-state index is 0.625. The molecule has 1 aromatic heterocycles. The Kier molecular flexibility index (Phi) is 4.05. The van der Waals surface area contributed by atoms with Gasteiger partial charge in [-0.25, -0.2) is 0 Å². The van der Waals surface area contributed by atoms with E-state index in [4.69, 9.17) is 4.42 Å². The molecule has 2 rings (SSSR count). The second kappa shape index (κ2) is 5.53. The Hall–Kier alpha value is -0.760. The predicted molar refractivity (Wildman–Crippen MR) is 66.4 cm³/mol. The van der Waals surface area contributed by atoms with E-state index in [9.17, 15) is 0 Å². The Balaban J connectivity index is 1.99. The Bertz CT molecular complexity index is 294. The van der Waals surface area contributed by atoms with E-state index >= 15 is 0 Å². The SMILES string of the molecule is CCNC(Cc1ccoc1)C1CCCC1C. The number of nitrogens with one attached hydrogen (secondary N) is 1. The van der Waals surface area contributed by atoms with Crippen molar-refractivity contribution in [3.05, 3.63) is 24.2 Å². The van der Waals surface area contributed by atoms with Gasteiger partial charge in [-0.05, 0) is 42.9 Å². The van der Waals surface area contributed by atoms with Gasteiger partial charge in [0.2, 0.25) is 0 Å². The monoisotopic (exact) mass is 221 g/mol. The molecule has 3 atom stereocenters. The van der Waals surface area contributed by atoms with Gasteiger partial charge in [-0.3, -0.25) is 0 Å². The molecule has 1 aliphatic rings. The highest BCUT2D eigenvalue weighted by molar-refractivity contribution is 5.08. The van der Waals surface area contributed by atoms with Crippen LogP contribution >= 0.6 is 0 Å². The van der Waals surface area contributed by atoms with E-state index in [-0.39, 0.29) is 0 Å². The normalized spacial score (nSPS) is 27.1. The van der Waals surface area contributed by atoms with Crippen LogP contribution in [-0.4, -0.2) is 12.6 Å². The molecular weight excluding hydrogens is 198 g/mol. The molecule has 0 spiro atoms. The third-order valence-electron chi connectivity index (χ3n) is 3.95. The van der Waals surface area contributed by atoms with Gasteiger partial charge >= 0.3 is 0 Å². The molecule has 1 aliphatic carbocycles. The topological polar surface area (TPSA) is 25.2 Å². The second-order valence-corrected chi connectivity index (χ2v) is 5.07. The molecule has 0 bridgehead atoms. The summed E-state index contributed by atoms with van der Waals surface area (Å²) in [6.45, 7) is 5.66. The standard InChI is InChI=1S/C14H23NO/c1-3-15-14(9-12-7-8-16-10-12)13-6-4-5-11(13)2/h7-8,10-11,13-15H,3-6,9H2,1-2H3. The molecule has 0 amide bonds. The molecule has 0 radical (unpaired) electrons. The van der Waals surface area contributed by atoms with Crippen LogP contribution in [-0.2, 0) is 6.42 Å². The van der Waals surface area contributed by atoms with Crippen LogP contribution < -0.4 is 5.32 Å². The third kappa shape index (κ3) is 2.67. The summed E-state index contributed by atoms with van der Waals surface area (Å²) in [5.74, 6) is 1.71. The number of likely N-dealkylation sites (N-methyl/N-ethyl adjacent to an activating group) is 1. The highest BCUT2D eigenvalue weighted by atomic mass is 16.3. The van der Waals surface area contributed by atoms with Crippen LogP contribution in [0.2, 0.25) is 0 Å². The number of furan rings is 1. The van der Waals surface area contributed by atoms with Gasteiger partial charge in [-0.1, -0.05) is 26.7 Å². The van der Waals surface area contributed by atoms with Crippen molar-refractivity contribution < 1.29 is 4.42 Å². The fourth-order valence-electron chi connectivity index (χ4n) is 3.07. The van der Waals surface area contributed by atoms with Crippen LogP contribution in [0.15, 0.2) is 23.0 Å². The molecule has 2 heteroatoms. The Morgan fingerprint density at radius 2 is 2.38 bits per heavy atom. The minimum Gasteiger partial charge on any atom is -0.472 e. The van der Waals surface area contributed by atoms with Crippen molar-refractivity contribution in [2.24, 2.45) is 11.8 Å². The van der Waals surface area contributed by atoms with Crippen molar-refractivity contribution in [2.75, 3.05) is 6.54 Å². The molecular formula is C14H23NO. The van der Waals surface area contributed by atoms with E-state index in [1.165, 1.54) is 24.8 Å². The van der Waals surface area contributed by atoms with E-state index < -0.39 is 0 Å². The molecule has 3 unspecified atom stereocenters. The first-order valence-corrected chi connectivity index (χ1v) is 6.55. The Morgan fingerprint density at radius 1 is 1.50 bits per heavy atom. The zero-order valence-electron chi connectivity index (χ0n) is 10.4. The molecule has 90 valence electrons. The maximum Gasteiger partial charge on any atom is 0.0935 e. The van der Waals surface area contributed by atoms with Gasteiger partial charge in [-0.15, -0.1) is 0 Å². The van der Waals surface area contributed by atoms with E-state index in [1.54, 1.807) is 6.26 Å². The summed E-state index contributed by atoms with van der Waals surface area (Å²) in [6.07, 6.45) is 8.95. The number of hydrogen-bond donors (Lipinski definition) is 1. The van der Waals surface area contributed by atoms with Gasteiger partial charge in [0.15, 0.2) is 0 Å². The highest BCUT2D eigenvalue weighted by Crippen LogP contribution is 2.34. The van der Waals surface area contributed by atoms with Crippen molar-refractivity contribution in [1.29, 1.82) is 0 Å². The molecule has 1 saturated carbocycles. The average Bonchev–Trinajstić information content (AvgIpc) is 2.88. The first-order valence-electron chi connectivity index (χ1n) is 6.55. The van der Waals surface area contributed by atoms with Crippen LogP contribution in [0, 0.1) is 11.8 Å². The first-order chi connectivity index (χ1) is 7.81. The van der Waals surface area contributed by atoms with E-state index in [1.807, 2.05) is 6.26 Å². The summed E-state index contributed by atoms with van der Waals surface area (Å²) in [5.41, 5.74) is 1.32. The van der Waals surface area contributed by atoms with Gasteiger partial charge < -0.3 is 9.73 Å². The lowest BCUT2D eigenvalue weighted by molar-refractivity contribution is 0.298. The summed E-state index contributed by atoms with van der Waals surface area (Å²) < 4.78 is 5.16. The van der Waals surface area contributed by atoms with Gasteiger partial charge in [0.25, 0.3) is 0 Å². The molecule has 0 aromatic carbocycles. The summed E-state index contributed by atoms with van der Waals surface area (Å²) in [5, 5.41) is 3.65. The molecule has 1 heterocycles. The summed E-state index contributed by atoms with van der Waals surface area (Å²) in [4.78, 5) is 0. The van der Waals surface area contributed by atoms with Crippen LogP contribution in [0.4, 0.5) is 0 Å². The largest absolute Gasteiger partial charge is 0.472 e. The summed E-state index contributed by atoms with van der Waals surface area (Å²) >= 11 is 0. The minimum atomic E-state index is 0.625.